The molecule has 3 heteroatoms. The van der Waals surface area contributed by atoms with Crippen molar-refractivity contribution >= 4 is 0 Å². The van der Waals surface area contributed by atoms with Crippen molar-refractivity contribution in [1.29, 1.82) is 0 Å². The number of nitrogens with one attached hydrogen (secondary N) is 1. The maximum absolute atomic E-state index is 13.5. The Balaban J connectivity index is 2.70. The van der Waals surface area contributed by atoms with E-state index in [-0.39, 0.29) is 5.82 Å². The molecule has 0 spiro atoms. The lowest BCUT2D eigenvalue weighted by molar-refractivity contribution is 0.306. The first-order chi connectivity index (χ1) is 7.79. The number of benzene rings is 1. The summed E-state index contributed by atoms with van der Waals surface area (Å²) >= 11 is 0. The van der Waals surface area contributed by atoms with Gasteiger partial charge in [0.1, 0.15) is 0 Å². The molecule has 0 atom stereocenters. The summed E-state index contributed by atoms with van der Waals surface area (Å²) in [6.07, 6.45) is 0.615. The fourth-order valence-corrected chi connectivity index (χ4v) is 1.37. The van der Waals surface area contributed by atoms with Crippen LogP contribution >= 0.6 is 0 Å². The van der Waals surface area contributed by atoms with Crippen molar-refractivity contribution in [2.75, 3.05) is 13.7 Å². The highest BCUT2D eigenvalue weighted by atomic mass is 19.1. The van der Waals surface area contributed by atoms with Gasteiger partial charge in [0, 0.05) is 18.5 Å². The minimum atomic E-state index is -0.322. The zero-order chi connectivity index (χ0) is 11.8. The molecule has 1 N–H and O–H groups in total. The van der Waals surface area contributed by atoms with E-state index in [2.05, 4.69) is 17.2 Å². The predicted molar refractivity (Wildman–Crippen MR) is 62.7 cm³/mol. The molecule has 1 rings (SSSR count). The van der Waals surface area contributed by atoms with Crippen LogP contribution in [0.5, 0.6) is 5.75 Å². The van der Waals surface area contributed by atoms with Crippen molar-refractivity contribution in [3.63, 3.8) is 0 Å². The van der Waals surface area contributed by atoms with Crippen LogP contribution in [0.25, 0.3) is 0 Å². The molecule has 0 aliphatic rings. The molecule has 0 amide bonds. The van der Waals surface area contributed by atoms with Crippen LogP contribution in [0.1, 0.15) is 18.9 Å². The highest BCUT2D eigenvalue weighted by molar-refractivity contribution is 5.34. The second-order valence-electron chi connectivity index (χ2n) is 3.28. The van der Waals surface area contributed by atoms with Crippen LogP contribution in [0.2, 0.25) is 0 Å². The third kappa shape index (κ3) is 3.56. The lowest BCUT2D eigenvalue weighted by Crippen LogP contribution is -2.09. The van der Waals surface area contributed by atoms with Gasteiger partial charge in [-0.2, -0.15) is 0 Å². The smallest absolute Gasteiger partial charge is 0.165 e. The molecule has 0 saturated carbocycles. The van der Waals surface area contributed by atoms with Gasteiger partial charge in [0.25, 0.3) is 0 Å². The standard InChI is InChI=1S/C13H16FNO/c1-3-4-5-9-16-13-11(10-15-2)7-6-8-12(13)14/h6-8,15H,5,9-10H2,1-2H3. The average molecular weight is 221 g/mol. The lowest BCUT2D eigenvalue weighted by atomic mass is 10.2. The number of hydrogen-bond donors (Lipinski definition) is 1. The molecule has 0 fully saturated rings. The molecule has 0 saturated heterocycles. The van der Waals surface area contributed by atoms with Crippen LogP contribution in [0, 0.1) is 17.7 Å². The van der Waals surface area contributed by atoms with E-state index in [9.17, 15) is 4.39 Å². The minimum Gasteiger partial charge on any atom is -0.489 e. The third-order valence-electron chi connectivity index (χ3n) is 2.07. The van der Waals surface area contributed by atoms with E-state index in [4.69, 9.17) is 4.74 Å². The molecule has 0 heterocycles. The molecule has 0 aliphatic carbocycles. The van der Waals surface area contributed by atoms with Crippen molar-refractivity contribution in [3.05, 3.63) is 29.6 Å². The van der Waals surface area contributed by atoms with Gasteiger partial charge in [-0.05, 0) is 20.0 Å². The second-order valence-corrected chi connectivity index (χ2v) is 3.28. The minimum absolute atomic E-state index is 0.322. The van der Waals surface area contributed by atoms with Crippen molar-refractivity contribution in [2.24, 2.45) is 0 Å². The Bertz CT molecular complexity index is 393. The summed E-state index contributed by atoms with van der Waals surface area (Å²) in [5.74, 6) is 5.66. The summed E-state index contributed by atoms with van der Waals surface area (Å²) in [7, 11) is 1.82. The molecule has 0 radical (unpaired) electrons. The van der Waals surface area contributed by atoms with Crippen LogP contribution < -0.4 is 10.1 Å². The summed E-state index contributed by atoms with van der Waals surface area (Å²) in [5, 5.41) is 2.98. The van der Waals surface area contributed by atoms with E-state index in [1.54, 1.807) is 13.0 Å². The van der Waals surface area contributed by atoms with Gasteiger partial charge in [-0.15, -0.1) is 11.8 Å². The Hall–Kier alpha value is -1.53. The summed E-state index contributed by atoms with van der Waals surface area (Å²) in [6, 6.07) is 4.93. The molecule has 1 aromatic carbocycles. The maximum atomic E-state index is 13.5. The zero-order valence-corrected chi connectivity index (χ0v) is 9.64. The highest BCUT2D eigenvalue weighted by Crippen LogP contribution is 2.22. The van der Waals surface area contributed by atoms with Crippen molar-refractivity contribution in [1.82, 2.24) is 5.32 Å². The van der Waals surface area contributed by atoms with Crippen LogP contribution in [0.4, 0.5) is 4.39 Å². The van der Waals surface area contributed by atoms with Crippen LogP contribution in [0.15, 0.2) is 18.2 Å². The van der Waals surface area contributed by atoms with Crippen molar-refractivity contribution in [3.8, 4) is 17.6 Å². The monoisotopic (exact) mass is 221 g/mol. The predicted octanol–water partition coefficient (Wildman–Crippen LogP) is 2.34. The molecule has 86 valence electrons. The number of ether oxygens (including phenoxy) is 1. The van der Waals surface area contributed by atoms with Gasteiger partial charge in [0.05, 0.1) is 6.61 Å². The fraction of sp³-hybridized carbons (Fsp3) is 0.385. The van der Waals surface area contributed by atoms with E-state index >= 15 is 0 Å². The Morgan fingerprint density at radius 2 is 2.25 bits per heavy atom. The normalized spacial score (nSPS) is 9.44. The molecule has 0 bridgehead atoms. The quantitative estimate of drug-likeness (QED) is 0.608. The number of halogens is 1. The zero-order valence-electron chi connectivity index (χ0n) is 9.64. The van der Waals surface area contributed by atoms with Gasteiger partial charge in [-0.25, -0.2) is 4.39 Å². The molecule has 0 aliphatic heterocycles. The topological polar surface area (TPSA) is 21.3 Å². The Kier molecular flexibility index (Phi) is 5.38. The molecule has 1 aromatic rings. The van der Waals surface area contributed by atoms with Gasteiger partial charge in [0.2, 0.25) is 0 Å². The molecule has 0 unspecified atom stereocenters. The van der Waals surface area contributed by atoms with Crippen LogP contribution in [-0.2, 0) is 6.54 Å². The Morgan fingerprint density at radius 3 is 2.94 bits per heavy atom. The van der Waals surface area contributed by atoms with Crippen LogP contribution in [0.3, 0.4) is 0 Å². The highest BCUT2D eigenvalue weighted by Gasteiger charge is 2.08. The van der Waals surface area contributed by atoms with E-state index in [0.29, 0.717) is 25.3 Å². The molecule has 0 aromatic heterocycles. The second kappa shape index (κ2) is 6.86. The first-order valence-corrected chi connectivity index (χ1v) is 5.24. The van der Waals surface area contributed by atoms with Gasteiger partial charge in [-0.1, -0.05) is 12.1 Å². The van der Waals surface area contributed by atoms with E-state index in [1.165, 1.54) is 6.07 Å². The van der Waals surface area contributed by atoms with Gasteiger partial charge in [0.15, 0.2) is 11.6 Å². The fourth-order valence-electron chi connectivity index (χ4n) is 1.37. The van der Waals surface area contributed by atoms with E-state index < -0.39 is 0 Å². The SMILES string of the molecule is CC#CCCOc1c(F)cccc1CNC. The largest absolute Gasteiger partial charge is 0.489 e. The number of rotatable bonds is 5. The van der Waals surface area contributed by atoms with Crippen molar-refractivity contribution in [2.45, 2.75) is 19.9 Å². The molecule has 16 heavy (non-hydrogen) atoms. The first-order valence-electron chi connectivity index (χ1n) is 5.24. The summed E-state index contributed by atoms with van der Waals surface area (Å²) in [5.41, 5.74) is 0.826. The Labute approximate surface area is 95.8 Å². The van der Waals surface area contributed by atoms with Crippen molar-refractivity contribution < 1.29 is 9.13 Å². The van der Waals surface area contributed by atoms with Crippen LogP contribution in [-0.4, -0.2) is 13.7 Å². The van der Waals surface area contributed by atoms with Gasteiger partial charge < -0.3 is 10.1 Å². The lowest BCUT2D eigenvalue weighted by Gasteiger charge is -2.11. The summed E-state index contributed by atoms with van der Waals surface area (Å²) in [4.78, 5) is 0. The molecular weight excluding hydrogens is 205 g/mol. The Morgan fingerprint density at radius 1 is 1.44 bits per heavy atom. The third-order valence-corrected chi connectivity index (χ3v) is 2.07. The van der Waals surface area contributed by atoms with Gasteiger partial charge in [-0.3, -0.25) is 0 Å². The number of para-hydroxylation sites is 1. The van der Waals surface area contributed by atoms with E-state index in [0.717, 1.165) is 5.56 Å². The summed E-state index contributed by atoms with van der Waals surface area (Å²) < 4.78 is 18.9. The summed E-state index contributed by atoms with van der Waals surface area (Å²) in [6.45, 7) is 2.78. The van der Waals surface area contributed by atoms with E-state index in [1.807, 2.05) is 13.1 Å². The molecule has 2 nitrogen and oxygen atoms in total. The maximum Gasteiger partial charge on any atom is 0.165 e. The molecular formula is C13H16FNO. The average Bonchev–Trinajstić information content (AvgIpc) is 2.28. The number of hydrogen-bond acceptors (Lipinski definition) is 2. The van der Waals surface area contributed by atoms with Gasteiger partial charge >= 0.3 is 0 Å². The first kappa shape index (κ1) is 12.5.